The number of hydrogen-bond acceptors (Lipinski definition) is 3. The molecule has 0 spiro atoms. The number of amides is 2. The second-order valence-electron chi connectivity index (χ2n) is 9.80. The van der Waals surface area contributed by atoms with Gasteiger partial charge in [0.05, 0.1) is 18.5 Å². The van der Waals surface area contributed by atoms with Crippen molar-refractivity contribution in [2.24, 2.45) is 5.92 Å². The van der Waals surface area contributed by atoms with Crippen LogP contribution in [0.4, 0.5) is 4.39 Å². The monoisotopic (exact) mass is 463 g/mol. The van der Waals surface area contributed by atoms with Gasteiger partial charge in [-0.1, -0.05) is 31.9 Å². The maximum absolute atomic E-state index is 13.9. The lowest BCUT2D eigenvalue weighted by atomic mass is 9.85. The molecule has 1 saturated carbocycles. The molecule has 0 radical (unpaired) electrons. The fourth-order valence-corrected chi connectivity index (χ4v) is 5.29. The number of rotatable bonds is 5. The zero-order chi connectivity index (χ0) is 23.9. The van der Waals surface area contributed by atoms with Crippen LogP contribution in [-0.4, -0.2) is 32.9 Å². The van der Waals surface area contributed by atoms with E-state index in [0.29, 0.717) is 23.9 Å². The maximum atomic E-state index is 13.9. The lowest BCUT2D eigenvalue weighted by molar-refractivity contribution is -0.134. The molecule has 3 heterocycles. The van der Waals surface area contributed by atoms with Crippen molar-refractivity contribution in [3.05, 3.63) is 71.9 Å². The van der Waals surface area contributed by atoms with Crippen LogP contribution in [0.2, 0.25) is 0 Å². The lowest BCUT2D eigenvalue weighted by Crippen LogP contribution is -2.65. The third-order valence-electron chi connectivity index (χ3n) is 7.45. The van der Waals surface area contributed by atoms with Crippen LogP contribution in [0.5, 0.6) is 0 Å². The van der Waals surface area contributed by atoms with Gasteiger partial charge in [0.25, 0.3) is 5.91 Å². The Bertz CT molecular complexity index is 1180. The Hall–Kier alpha value is -3.35. The first-order valence-electron chi connectivity index (χ1n) is 12.0. The molecule has 2 aromatic heterocycles. The van der Waals surface area contributed by atoms with Crippen molar-refractivity contribution in [2.75, 3.05) is 0 Å². The van der Waals surface area contributed by atoms with Crippen LogP contribution in [0, 0.1) is 11.7 Å². The highest BCUT2D eigenvalue weighted by atomic mass is 19.1. The van der Waals surface area contributed by atoms with Crippen LogP contribution in [0.15, 0.2) is 59.2 Å². The highest BCUT2D eigenvalue weighted by molar-refractivity contribution is 6.00. The van der Waals surface area contributed by atoms with Crippen LogP contribution in [-0.2, 0) is 17.9 Å². The normalized spacial score (nSPS) is 24.7. The van der Waals surface area contributed by atoms with E-state index in [-0.39, 0.29) is 30.2 Å². The quantitative estimate of drug-likeness (QED) is 0.579. The summed E-state index contributed by atoms with van der Waals surface area (Å²) in [5.74, 6) is 0.313. The number of nitrogens with zero attached hydrogens (tertiary/aromatic N) is 2. The average Bonchev–Trinajstić information content (AvgIpc) is 3.49. The Kier molecular flexibility index (Phi) is 5.80. The molecule has 3 aromatic rings. The van der Waals surface area contributed by atoms with E-state index in [0.717, 1.165) is 30.5 Å². The van der Waals surface area contributed by atoms with Gasteiger partial charge in [-0.05, 0) is 67.6 Å². The fourth-order valence-electron chi connectivity index (χ4n) is 5.29. The summed E-state index contributed by atoms with van der Waals surface area (Å²) in [4.78, 5) is 29.3. The van der Waals surface area contributed by atoms with Crippen molar-refractivity contribution in [3.63, 3.8) is 0 Å². The highest BCUT2D eigenvalue weighted by Gasteiger charge is 2.48. The van der Waals surface area contributed by atoms with Gasteiger partial charge in [0, 0.05) is 12.6 Å². The van der Waals surface area contributed by atoms with E-state index in [2.05, 4.69) is 12.2 Å². The number of carbonyl (C=O) groups is 2. The number of hydrogen-bond donors (Lipinski definition) is 1. The molecular weight excluding hydrogens is 433 g/mol. The van der Waals surface area contributed by atoms with E-state index in [9.17, 15) is 14.0 Å². The van der Waals surface area contributed by atoms with E-state index in [4.69, 9.17) is 4.42 Å². The average molecular weight is 464 g/mol. The minimum Gasteiger partial charge on any atom is -0.463 e. The number of nitrogens with one attached hydrogen (secondary N) is 1. The largest absolute Gasteiger partial charge is 0.463 e. The van der Waals surface area contributed by atoms with E-state index in [1.807, 2.05) is 23.6 Å². The van der Waals surface area contributed by atoms with Gasteiger partial charge in [-0.2, -0.15) is 0 Å². The van der Waals surface area contributed by atoms with Gasteiger partial charge in [-0.15, -0.1) is 0 Å². The molecule has 5 rings (SSSR count). The standard InChI is InChI=1S/C27H30FN3O3/c1-18-6-3-4-7-21(18)29-26(33)27(2)17-30-22(24-8-5-15-34-24)13-14-23(30)25(32)31(27)16-19-9-11-20(28)12-10-19/h5,8-15,18,21H,3-4,6-7,16-17H2,1-2H3,(H,29,33)/t18-,21+,27+/m1/s1. The Morgan fingerprint density at radius 3 is 2.56 bits per heavy atom. The van der Waals surface area contributed by atoms with Crippen molar-refractivity contribution in [3.8, 4) is 11.5 Å². The predicted octanol–water partition coefficient (Wildman–Crippen LogP) is 5.00. The first-order valence-corrected chi connectivity index (χ1v) is 12.0. The zero-order valence-electron chi connectivity index (χ0n) is 19.6. The van der Waals surface area contributed by atoms with Crippen molar-refractivity contribution < 1.29 is 18.4 Å². The molecule has 2 aliphatic rings. The summed E-state index contributed by atoms with van der Waals surface area (Å²) in [6.07, 6.45) is 5.90. The van der Waals surface area contributed by atoms with Crippen molar-refractivity contribution in [1.82, 2.24) is 14.8 Å². The molecule has 1 N–H and O–H groups in total. The predicted molar refractivity (Wildman–Crippen MR) is 126 cm³/mol. The number of fused-ring (bicyclic) bond motifs is 1. The van der Waals surface area contributed by atoms with Crippen LogP contribution >= 0.6 is 0 Å². The van der Waals surface area contributed by atoms with Crippen molar-refractivity contribution in [2.45, 2.75) is 64.2 Å². The maximum Gasteiger partial charge on any atom is 0.271 e. The zero-order valence-corrected chi connectivity index (χ0v) is 19.6. The molecule has 1 fully saturated rings. The topological polar surface area (TPSA) is 67.5 Å². The Balaban J connectivity index is 1.52. The lowest BCUT2D eigenvalue weighted by Gasteiger charge is -2.45. The van der Waals surface area contributed by atoms with E-state index >= 15 is 0 Å². The second kappa shape index (κ2) is 8.78. The Morgan fingerprint density at radius 2 is 1.85 bits per heavy atom. The summed E-state index contributed by atoms with van der Waals surface area (Å²) in [6.45, 7) is 4.51. The van der Waals surface area contributed by atoms with Gasteiger partial charge < -0.3 is 19.2 Å². The first-order chi connectivity index (χ1) is 16.4. The second-order valence-corrected chi connectivity index (χ2v) is 9.80. The molecule has 6 nitrogen and oxygen atoms in total. The molecule has 178 valence electrons. The molecule has 2 amide bonds. The third-order valence-corrected chi connectivity index (χ3v) is 7.45. The van der Waals surface area contributed by atoms with Crippen LogP contribution in [0.25, 0.3) is 11.5 Å². The van der Waals surface area contributed by atoms with Crippen LogP contribution < -0.4 is 5.32 Å². The van der Waals surface area contributed by atoms with Gasteiger partial charge in [0.2, 0.25) is 5.91 Å². The number of aromatic nitrogens is 1. The van der Waals surface area contributed by atoms with Gasteiger partial charge in [-0.25, -0.2) is 4.39 Å². The molecule has 0 unspecified atom stereocenters. The number of halogens is 1. The van der Waals surface area contributed by atoms with Crippen LogP contribution in [0.1, 0.15) is 55.6 Å². The summed E-state index contributed by atoms with van der Waals surface area (Å²) in [6, 6.07) is 13.4. The fraction of sp³-hybridized carbons (Fsp3) is 0.407. The van der Waals surface area contributed by atoms with Gasteiger partial charge in [0.15, 0.2) is 0 Å². The molecular formula is C27H30FN3O3. The first kappa shape index (κ1) is 22.4. The van der Waals surface area contributed by atoms with Crippen molar-refractivity contribution >= 4 is 11.8 Å². The van der Waals surface area contributed by atoms with E-state index in [1.54, 1.807) is 35.4 Å². The van der Waals surface area contributed by atoms with E-state index in [1.165, 1.54) is 18.6 Å². The Labute approximate surface area is 198 Å². The van der Waals surface area contributed by atoms with Gasteiger partial charge >= 0.3 is 0 Å². The van der Waals surface area contributed by atoms with E-state index < -0.39 is 5.54 Å². The smallest absolute Gasteiger partial charge is 0.271 e. The molecule has 3 atom stereocenters. The minimum atomic E-state index is -1.13. The van der Waals surface area contributed by atoms with Gasteiger partial charge in [-0.3, -0.25) is 9.59 Å². The molecule has 1 aliphatic carbocycles. The van der Waals surface area contributed by atoms with Gasteiger partial charge in [0.1, 0.15) is 22.8 Å². The summed E-state index contributed by atoms with van der Waals surface area (Å²) < 4.78 is 21.0. The number of furan rings is 1. The summed E-state index contributed by atoms with van der Waals surface area (Å²) in [7, 11) is 0. The summed E-state index contributed by atoms with van der Waals surface area (Å²) in [5.41, 5.74) is 0.909. The molecule has 34 heavy (non-hydrogen) atoms. The summed E-state index contributed by atoms with van der Waals surface area (Å²) in [5, 5.41) is 3.27. The minimum absolute atomic E-state index is 0.0939. The molecule has 0 saturated heterocycles. The number of benzene rings is 1. The molecule has 7 heteroatoms. The highest BCUT2D eigenvalue weighted by Crippen LogP contribution is 2.35. The number of carbonyl (C=O) groups excluding carboxylic acids is 2. The molecule has 1 aromatic carbocycles. The van der Waals surface area contributed by atoms with Crippen molar-refractivity contribution in [1.29, 1.82) is 0 Å². The Morgan fingerprint density at radius 1 is 1.12 bits per heavy atom. The van der Waals surface area contributed by atoms with Crippen LogP contribution in [0.3, 0.4) is 0 Å². The summed E-state index contributed by atoms with van der Waals surface area (Å²) >= 11 is 0. The third kappa shape index (κ3) is 3.93. The molecule has 1 aliphatic heterocycles. The molecule has 0 bridgehead atoms. The SMILES string of the molecule is C[C@@H]1CCCC[C@@H]1NC(=O)[C@]1(C)Cn2c(ccc2-c2ccco2)C(=O)N1Cc1ccc(F)cc1.